The van der Waals surface area contributed by atoms with Crippen molar-refractivity contribution in [2.24, 2.45) is 0 Å². The Morgan fingerprint density at radius 1 is 1.15 bits per heavy atom. The van der Waals surface area contributed by atoms with Crippen LogP contribution in [0.3, 0.4) is 0 Å². The molecule has 2 heterocycles. The van der Waals surface area contributed by atoms with Crippen molar-refractivity contribution >= 4 is 16.8 Å². The van der Waals surface area contributed by atoms with Crippen LogP contribution in [0.15, 0.2) is 48.7 Å². The molecule has 0 saturated carbocycles. The van der Waals surface area contributed by atoms with Gasteiger partial charge in [-0.15, -0.1) is 0 Å². The predicted molar refractivity (Wildman–Crippen MR) is 100 cm³/mol. The van der Waals surface area contributed by atoms with Crippen molar-refractivity contribution < 1.29 is 14.3 Å². The molecule has 26 heavy (non-hydrogen) atoms. The molecule has 1 aliphatic rings. The van der Waals surface area contributed by atoms with E-state index in [1.165, 1.54) is 16.5 Å². The van der Waals surface area contributed by atoms with E-state index >= 15 is 0 Å². The number of aromatic nitrogens is 1. The topological polar surface area (TPSA) is 52.5 Å². The SMILES string of the molecule is CCn1cc(CCC(=O)NCc2ccc3c(c2)OCO3)c2ccccc21. The number of hydrogen-bond acceptors (Lipinski definition) is 3. The van der Waals surface area contributed by atoms with Crippen molar-refractivity contribution in [2.45, 2.75) is 32.9 Å². The lowest BCUT2D eigenvalue weighted by Crippen LogP contribution is -2.22. The van der Waals surface area contributed by atoms with Gasteiger partial charge >= 0.3 is 0 Å². The zero-order valence-electron chi connectivity index (χ0n) is 14.8. The molecule has 1 aliphatic heterocycles. The molecule has 134 valence electrons. The summed E-state index contributed by atoms with van der Waals surface area (Å²) in [6.45, 7) is 3.81. The molecule has 5 nitrogen and oxygen atoms in total. The fourth-order valence-corrected chi connectivity index (χ4v) is 3.37. The van der Waals surface area contributed by atoms with Gasteiger partial charge in [-0.1, -0.05) is 24.3 Å². The van der Waals surface area contributed by atoms with E-state index in [0.717, 1.165) is 30.0 Å². The van der Waals surface area contributed by atoms with Crippen molar-refractivity contribution in [3.8, 4) is 11.5 Å². The Hall–Kier alpha value is -2.95. The highest BCUT2D eigenvalue weighted by Crippen LogP contribution is 2.32. The van der Waals surface area contributed by atoms with E-state index in [9.17, 15) is 4.79 Å². The first-order chi connectivity index (χ1) is 12.7. The maximum atomic E-state index is 12.3. The number of fused-ring (bicyclic) bond motifs is 2. The zero-order chi connectivity index (χ0) is 17.9. The number of nitrogens with zero attached hydrogens (tertiary/aromatic N) is 1. The summed E-state index contributed by atoms with van der Waals surface area (Å²) in [4.78, 5) is 12.3. The molecular formula is C21H22N2O3. The molecule has 5 heteroatoms. The van der Waals surface area contributed by atoms with E-state index in [1.54, 1.807) is 0 Å². The number of aryl methyl sites for hydroxylation is 2. The summed E-state index contributed by atoms with van der Waals surface area (Å²) in [6.07, 6.45) is 3.37. The first-order valence-corrected chi connectivity index (χ1v) is 8.96. The van der Waals surface area contributed by atoms with Crippen LogP contribution < -0.4 is 14.8 Å². The smallest absolute Gasteiger partial charge is 0.231 e. The predicted octanol–water partition coefficient (Wildman–Crippen LogP) is 3.64. The highest BCUT2D eigenvalue weighted by Gasteiger charge is 2.14. The second kappa shape index (κ2) is 7.12. The van der Waals surface area contributed by atoms with E-state index in [4.69, 9.17) is 9.47 Å². The van der Waals surface area contributed by atoms with Crippen LogP contribution >= 0.6 is 0 Å². The first-order valence-electron chi connectivity index (χ1n) is 8.96. The van der Waals surface area contributed by atoms with Crippen molar-refractivity contribution in [2.75, 3.05) is 6.79 Å². The number of carbonyl (C=O) groups is 1. The Balaban J connectivity index is 1.36. The normalized spacial score (nSPS) is 12.5. The lowest BCUT2D eigenvalue weighted by Gasteiger charge is -2.06. The second-order valence-electron chi connectivity index (χ2n) is 6.42. The minimum absolute atomic E-state index is 0.0518. The lowest BCUT2D eigenvalue weighted by atomic mass is 10.1. The summed E-state index contributed by atoms with van der Waals surface area (Å²) >= 11 is 0. The van der Waals surface area contributed by atoms with Gasteiger partial charge in [0.2, 0.25) is 12.7 Å². The van der Waals surface area contributed by atoms with Gasteiger partial charge in [-0.25, -0.2) is 0 Å². The maximum Gasteiger partial charge on any atom is 0.231 e. The Morgan fingerprint density at radius 3 is 2.88 bits per heavy atom. The largest absolute Gasteiger partial charge is 0.454 e. The molecule has 0 spiro atoms. The van der Waals surface area contributed by atoms with Crippen LogP contribution in [0.2, 0.25) is 0 Å². The van der Waals surface area contributed by atoms with Crippen molar-refractivity contribution in [3.05, 3.63) is 59.8 Å². The summed E-state index contributed by atoms with van der Waals surface area (Å²) in [5.74, 6) is 1.55. The Kier molecular flexibility index (Phi) is 4.52. The van der Waals surface area contributed by atoms with E-state index in [-0.39, 0.29) is 12.7 Å². The Labute approximate surface area is 152 Å². The van der Waals surface area contributed by atoms with Crippen LogP contribution in [-0.4, -0.2) is 17.3 Å². The standard InChI is InChI=1S/C21H22N2O3/c1-2-23-13-16(17-5-3-4-6-18(17)23)8-10-21(24)22-12-15-7-9-19-20(11-15)26-14-25-19/h3-7,9,11,13H,2,8,10,12,14H2,1H3,(H,22,24). The number of benzene rings is 2. The van der Waals surface area contributed by atoms with Crippen molar-refractivity contribution in [1.82, 2.24) is 9.88 Å². The summed E-state index contributed by atoms with van der Waals surface area (Å²) in [5, 5.41) is 4.22. The minimum Gasteiger partial charge on any atom is -0.454 e. The van der Waals surface area contributed by atoms with E-state index in [0.29, 0.717) is 13.0 Å². The average molecular weight is 350 g/mol. The van der Waals surface area contributed by atoms with Gasteiger partial charge in [0.15, 0.2) is 11.5 Å². The first kappa shape index (κ1) is 16.5. The fourth-order valence-electron chi connectivity index (χ4n) is 3.37. The Bertz CT molecular complexity index is 946. The molecule has 4 rings (SSSR count). The number of nitrogens with one attached hydrogen (secondary N) is 1. The number of hydrogen-bond donors (Lipinski definition) is 1. The van der Waals surface area contributed by atoms with Gasteiger partial charge in [-0.2, -0.15) is 0 Å². The number of rotatable bonds is 6. The van der Waals surface area contributed by atoms with Crippen LogP contribution in [0.25, 0.3) is 10.9 Å². The third-order valence-electron chi connectivity index (χ3n) is 4.76. The summed E-state index contributed by atoms with van der Waals surface area (Å²) in [6, 6.07) is 14.1. The zero-order valence-corrected chi connectivity index (χ0v) is 14.8. The van der Waals surface area contributed by atoms with Crippen molar-refractivity contribution in [1.29, 1.82) is 0 Å². The maximum absolute atomic E-state index is 12.3. The van der Waals surface area contributed by atoms with Gasteiger partial charge in [-0.05, 0) is 42.7 Å². The minimum atomic E-state index is 0.0518. The van der Waals surface area contributed by atoms with Gasteiger partial charge in [0.1, 0.15) is 0 Å². The molecule has 0 radical (unpaired) electrons. The molecule has 0 fully saturated rings. The molecule has 3 aromatic rings. The number of carbonyl (C=O) groups excluding carboxylic acids is 1. The fraction of sp³-hybridized carbons (Fsp3) is 0.286. The molecule has 0 saturated heterocycles. The van der Waals surface area contributed by atoms with Gasteiger partial charge in [0, 0.05) is 36.6 Å². The van der Waals surface area contributed by atoms with E-state index < -0.39 is 0 Å². The van der Waals surface area contributed by atoms with Crippen LogP contribution in [0, 0.1) is 0 Å². The molecule has 0 atom stereocenters. The Morgan fingerprint density at radius 2 is 2.00 bits per heavy atom. The summed E-state index contributed by atoms with van der Waals surface area (Å²) in [5.41, 5.74) is 3.46. The van der Waals surface area contributed by atoms with Gasteiger partial charge in [-0.3, -0.25) is 4.79 Å². The third kappa shape index (κ3) is 3.25. The van der Waals surface area contributed by atoms with Gasteiger partial charge < -0.3 is 19.4 Å². The third-order valence-corrected chi connectivity index (χ3v) is 4.76. The highest BCUT2D eigenvalue weighted by molar-refractivity contribution is 5.85. The van der Waals surface area contributed by atoms with Crippen LogP contribution in [0.1, 0.15) is 24.5 Å². The molecular weight excluding hydrogens is 328 g/mol. The van der Waals surface area contributed by atoms with Crippen LogP contribution in [0.4, 0.5) is 0 Å². The quantitative estimate of drug-likeness (QED) is 0.738. The molecule has 0 unspecified atom stereocenters. The molecule has 1 N–H and O–H groups in total. The highest BCUT2D eigenvalue weighted by atomic mass is 16.7. The molecule has 0 bridgehead atoms. The average Bonchev–Trinajstić information content (AvgIpc) is 3.28. The molecule has 2 aromatic carbocycles. The number of ether oxygens (including phenoxy) is 2. The number of amides is 1. The van der Waals surface area contributed by atoms with E-state index in [2.05, 4.69) is 41.2 Å². The van der Waals surface area contributed by atoms with Crippen LogP contribution in [-0.2, 0) is 24.3 Å². The van der Waals surface area contributed by atoms with Crippen molar-refractivity contribution in [3.63, 3.8) is 0 Å². The molecule has 1 amide bonds. The lowest BCUT2D eigenvalue weighted by molar-refractivity contribution is -0.121. The summed E-state index contributed by atoms with van der Waals surface area (Å²) < 4.78 is 12.9. The monoisotopic (exact) mass is 350 g/mol. The summed E-state index contributed by atoms with van der Waals surface area (Å²) in [7, 11) is 0. The molecule has 0 aliphatic carbocycles. The van der Waals surface area contributed by atoms with E-state index in [1.807, 2.05) is 24.3 Å². The second-order valence-corrected chi connectivity index (χ2v) is 6.42. The molecule has 1 aromatic heterocycles. The number of para-hydroxylation sites is 1. The van der Waals surface area contributed by atoms with Gasteiger partial charge in [0.25, 0.3) is 0 Å². The van der Waals surface area contributed by atoms with Crippen LogP contribution in [0.5, 0.6) is 11.5 Å². The van der Waals surface area contributed by atoms with Gasteiger partial charge in [0.05, 0.1) is 0 Å².